The average Bonchev–Trinajstić information content (AvgIpc) is 3.21. The van der Waals surface area contributed by atoms with Gasteiger partial charge in [0.2, 0.25) is 0 Å². The minimum absolute atomic E-state index is 0.0971. The summed E-state index contributed by atoms with van der Waals surface area (Å²) in [7, 11) is 0. The second-order valence-corrected chi connectivity index (χ2v) is 5.73. The molecule has 3 heterocycles. The maximum atomic E-state index is 10.1. The summed E-state index contributed by atoms with van der Waals surface area (Å²) in [6.07, 6.45) is 4.89. The molecule has 3 rings (SSSR count). The van der Waals surface area contributed by atoms with E-state index in [2.05, 4.69) is 10.00 Å². The van der Waals surface area contributed by atoms with E-state index in [9.17, 15) is 5.11 Å². The number of aliphatic hydroxyl groups excluding tert-OH is 1. The van der Waals surface area contributed by atoms with Crippen molar-refractivity contribution < 1.29 is 19.0 Å². The van der Waals surface area contributed by atoms with Crippen LogP contribution in [0.15, 0.2) is 41.3 Å². The molecule has 2 atom stereocenters. The highest BCUT2D eigenvalue weighted by atomic mass is 16.5. The lowest BCUT2D eigenvalue weighted by molar-refractivity contribution is -0.0590. The molecule has 1 aliphatic rings. The van der Waals surface area contributed by atoms with E-state index in [1.165, 1.54) is 0 Å². The van der Waals surface area contributed by atoms with Crippen LogP contribution in [-0.4, -0.2) is 64.8 Å². The molecule has 1 N–H and O–H groups in total. The molecule has 1 fully saturated rings. The van der Waals surface area contributed by atoms with Gasteiger partial charge in [-0.2, -0.15) is 5.10 Å². The van der Waals surface area contributed by atoms with Crippen molar-refractivity contribution in [2.45, 2.75) is 25.4 Å². The molecule has 1 aliphatic heterocycles. The Morgan fingerprint density at radius 1 is 1.43 bits per heavy atom. The molecule has 2 aromatic heterocycles. The van der Waals surface area contributed by atoms with E-state index < -0.39 is 6.10 Å². The minimum atomic E-state index is -0.520. The fraction of sp³-hybridized carbons (Fsp3) is 0.562. The number of ether oxygens (including phenoxy) is 2. The fourth-order valence-corrected chi connectivity index (χ4v) is 2.71. The summed E-state index contributed by atoms with van der Waals surface area (Å²) in [5.41, 5.74) is 0. The van der Waals surface area contributed by atoms with Gasteiger partial charge >= 0.3 is 0 Å². The number of furan rings is 1. The van der Waals surface area contributed by atoms with E-state index in [1.807, 2.05) is 29.1 Å². The summed E-state index contributed by atoms with van der Waals surface area (Å²) < 4.78 is 18.3. The zero-order valence-electron chi connectivity index (χ0n) is 13.1. The second kappa shape index (κ2) is 8.26. The van der Waals surface area contributed by atoms with Gasteiger partial charge < -0.3 is 19.0 Å². The Morgan fingerprint density at radius 3 is 3.17 bits per heavy atom. The van der Waals surface area contributed by atoms with Crippen LogP contribution in [0.1, 0.15) is 5.76 Å². The van der Waals surface area contributed by atoms with Crippen LogP contribution in [-0.2, 0) is 22.6 Å². The third-order valence-electron chi connectivity index (χ3n) is 3.78. The Bertz CT molecular complexity index is 544. The van der Waals surface area contributed by atoms with Crippen molar-refractivity contribution in [2.75, 3.05) is 32.8 Å². The van der Waals surface area contributed by atoms with E-state index in [0.717, 1.165) is 25.4 Å². The SMILES string of the molecule is O[C@@H](COCc1ccco1)CN1CCO[C@H](Cn2cccn2)C1. The minimum Gasteiger partial charge on any atom is -0.467 e. The van der Waals surface area contributed by atoms with E-state index in [1.54, 1.807) is 12.5 Å². The Balaban J connectivity index is 1.36. The molecule has 2 aromatic rings. The lowest BCUT2D eigenvalue weighted by atomic mass is 10.2. The Kier molecular flexibility index (Phi) is 5.82. The van der Waals surface area contributed by atoms with Crippen LogP contribution in [0.5, 0.6) is 0 Å². The second-order valence-electron chi connectivity index (χ2n) is 5.73. The molecule has 1 saturated heterocycles. The van der Waals surface area contributed by atoms with Crippen molar-refractivity contribution in [1.29, 1.82) is 0 Å². The molecule has 0 amide bonds. The van der Waals surface area contributed by atoms with Crippen LogP contribution in [0.25, 0.3) is 0 Å². The zero-order valence-corrected chi connectivity index (χ0v) is 13.1. The smallest absolute Gasteiger partial charge is 0.129 e. The first kappa shape index (κ1) is 16.2. The van der Waals surface area contributed by atoms with Gasteiger partial charge in [0.1, 0.15) is 12.4 Å². The number of β-amino-alcohol motifs (C(OH)–C–C–N with tert-alkyl or cyclic N) is 1. The van der Waals surface area contributed by atoms with Gasteiger partial charge in [0.05, 0.1) is 38.2 Å². The number of nitrogens with zero attached hydrogens (tertiary/aromatic N) is 3. The molecule has 0 spiro atoms. The van der Waals surface area contributed by atoms with Crippen molar-refractivity contribution in [3.63, 3.8) is 0 Å². The number of aliphatic hydroxyl groups is 1. The van der Waals surface area contributed by atoms with Crippen LogP contribution in [0.4, 0.5) is 0 Å². The number of hydrogen-bond donors (Lipinski definition) is 1. The van der Waals surface area contributed by atoms with Crippen molar-refractivity contribution in [3.05, 3.63) is 42.6 Å². The molecule has 0 radical (unpaired) electrons. The molecule has 23 heavy (non-hydrogen) atoms. The summed E-state index contributed by atoms with van der Waals surface area (Å²) in [4.78, 5) is 2.21. The fourth-order valence-electron chi connectivity index (χ4n) is 2.71. The Hall–Kier alpha value is -1.67. The normalized spacial score (nSPS) is 20.7. The predicted molar refractivity (Wildman–Crippen MR) is 82.8 cm³/mol. The molecule has 0 bridgehead atoms. The molecule has 0 aliphatic carbocycles. The van der Waals surface area contributed by atoms with Gasteiger partial charge in [-0.05, 0) is 18.2 Å². The molecule has 0 saturated carbocycles. The maximum Gasteiger partial charge on any atom is 0.129 e. The van der Waals surface area contributed by atoms with E-state index in [0.29, 0.717) is 26.4 Å². The van der Waals surface area contributed by atoms with Crippen LogP contribution < -0.4 is 0 Å². The van der Waals surface area contributed by atoms with Crippen molar-refractivity contribution in [3.8, 4) is 0 Å². The maximum absolute atomic E-state index is 10.1. The average molecular weight is 321 g/mol. The highest BCUT2D eigenvalue weighted by Crippen LogP contribution is 2.09. The van der Waals surface area contributed by atoms with Crippen LogP contribution in [0.2, 0.25) is 0 Å². The highest BCUT2D eigenvalue weighted by Gasteiger charge is 2.22. The number of rotatable bonds is 8. The zero-order chi connectivity index (χ0) is 15.9. The van der Waals surface area contributed by atoms with E-state index in [-0.39, 0.29) is 6.10 Å². The van der Waals surface area contributed by atoms with Crippen molar-refractivity contribution in [2.24, 2.45) is 0 Å². The van der Waals surface area contributed by atoms with Crippen LogP contribution >= 0.6 is 0 Å². The van der Waals surface area contributed by atoms with Gasteiger partial charge in [-0.25, -0.2) is 0 Å². The lowest BCUT2D eigenvalue weighted by Crippen LogP contribution is -2.47. The summed E-state index contributed by atoms with van der Waals surface area (Å²) in [5, 5.41) is 14.3. The van der Waals surface area contributed by atoms with Crippen LogP contribution in [0, 0.1) is 0 Å². The standard InChI is InChI=1S/C16H23N3O4/c20-14(12-21-13-15-3-1-7-22-15)9-18-6-8-23-16(10-18)11-19-5-2-4-17-19/h1-5,7,14,16,20H,6,8-13H2/t14-,16+/m1/s1. The number of morpholine rings is 1. The largest absolute Gasteiger partial charge is 0.467 e. The lowest BCUT2D eigenvalue weighted by Gasteiger charge is -2.33. The third kappa shape index (κ3) is 5.18. The summed E-state index contributed by atoms with van der Waals surface area (Å²) in [6, 6.07) is 5.58. The first-order chi connectivity index (χ1) is 11.3. The molecule has 7 heteroatoms. The summed E-state index contributed by atoms with van der Waals surface area (Å²) in [5.74, 6) is 0.767. The predicted octanol–water partition coefficient (Wildman–Crippen LogP) is 0.755. The molecule has 0 aromatic carbocycles. The molecule has 7 nitrogen and oxygen atoms in total. The monoisotopic (exact) mass is 321 g/mol. The van der Waals surface area contributed by atoms with Crippen molar-refractivity contribution in [1.82, 2.24) is 14.7 Å². The third-order valence-corrected chi connectivity index (χ3v) is 3.78. The Morgan fingerprint density at radius 2 is 2.39 bits per heavy atom. The van der Waals surface area contributed by atoms with Gasteiger partial charge in [-0.15, -0.1) is 0 Å². The number of aromatic nitrogens is 2. The molecular weight excluding hydrogens is 298 g/mol. The topological polar surface area (TPSA) is 72.9 Å². The van der Waals surface area contributed by atoms with Gasteiger partial charge in [-0.1, -0.05) is 0 Å². The first-order valence-electron chi connectivity index (χ1n) is 7.89. The van der Waals surface area contributed by atoms with Crippen LogP contribution in [0.3, 0.4) is 0 Å². The van der Waals surface area contributed by atoms with E-state index in [4.69, 9.17) is 13.9 Å². The molecular formula is C16H23N3O4. The van der Waals surface area contributed by atoms with Gasteiger partial charge in [-0.3, -0.25) is 9.58 Å². The highest BCUT2D eigenvalue weighted by molar-refractivity contribution is 4.96. The summed E-state index contributed by atoms with van der Waals surface area (Å²) >= 11 is 0. The van der Waals surface area contributed by atoms with Gasteiger partial charge in [0.15, 0.2) is 0 Å². The van der Waals surface area contributed by atoms with Gasteiger partial charge in [0, 0.05) is 32.0 Å². The van der Waals surface area contributed by atoms with Gasteiger partial charge in [0.25, 0.3) is 0 Å². The molecule has 126 valence electrons. The molecule has 0 unspecified atom stereocenters. The first-order valence-corrected chi connectivity index (χ1v) is 7.89. The quantitative estimate of drug-likeness (QED) is 0.774. The summed E-state index contributed by atoms with van der Waals surface area (Å²) in [6.45, 7) is 4.27. The Labute approximate surface area is 135 Å². The van der Waals surface area contributed by atoms with E-state index >= 15 is 0 Å². The van der Waals surface area contributed by atoms with Crippen molar-refractivity contribution >= 4 is 0 Å². The number of hydrogen-bond acceptors (Lipinski definition) is 6.